The maximum atomic E-state index is 11.8. The molecule has 0 aliphatic heterocycles. The largest absolute Gasteiger partial charge is 0.478 e. The lowest BCUT2D eigenvalue weighted by atomic mass is 9.93. The van der Waals surface area contributed by atoms with Crippen LogP contribution in [0.1, 0.15) is 32.9 Å². The van der Waals surface area contributed by atoms with Gasteiger partial charge in [-0.05, 0) is 38.1 Å². The van der Waals surface area contributed by atoms with Crippen LogP contribution in [0.2, 0.25) is 0 Å². The van der Waals surface area contributed by atoms with E-state index in [1.807, 2.05) is 57.3 Å². The second-order valence-corrected chi connectivity index (χ2v) is 5.82. The molecule has 0 bridgehead atoms. The topological polar surface area (TPSA) is 55.1 Å². The van der Waals surface area contributed by atoms with Crippen molar-refractivity contribution in [2.75, 3.05) is 0 Å². The molecule has 2 aromatic carbocycles. The number of aromatic nitrogens is 2. The molecule has 0 atom stereocenters. The molecule has 1 aromatic heterocycles. The van der Waals surface area contributed by atoms with Gasteiger partial charge in [0.1, 0.15) is 0 Å². The van der Waals surface area contributed by atoms with Crippen LogP contribution in [0, 0.1) is 25.7 Å². The Balaban J connectivity index is 2.26. The molecule has 25 heavy (non-hydrogen) atoms. The summed E-state index contributed by atoms with van der Waals surface area (Å²) in [7, 11) is 1.85. The highest BCUT2D eigenvalue weighted by Gasteiger charge is 2.21. The number of carbonyl (C=O) groups is 1. The van der Waals surface area contributed by atoms with E-state index in [0.717, 1.165) is 22.5 Å². The molecule has 4 nitrogen and oxygen atoms in total. The molecule has 1 heterocycles. The average molecular weight is 330 g/mol. The van der Waals surface area contributed by atoms with Crippen molar-refractivity contribution >= 4 is 5.97 Å². The first-order chi connectivity index (χ1) is 12.0. The molecule has 0 saturated carbocycles. The molecule has 1 N–H and O–H groups in total. The van der Waals surface area contributed by atoms with Crippen LogP contribution in [0.3, 0.4) is 0 Å². The molecule has 0 spiro atoms. The number of carboxylic acid groups (broad SMARTS) is 1. The highest BCUT2D eigenvalue weighted by Crippen LogP contribution is 2.32. The average Bonchev–Trinajstić information content (AvgIpc) is 2.85. The smallest absolute Gasteiger partial charge is 0.336 e. The van der Waals surface area contributed by atoms with Gasteiger partial charge in [-0.15, -0.1) is 0 Å². The van der Waals surface area contributed by atoms with E-state index < -0.39 is 5.97 Å². The summed E-state index contributed by atoms with van der Waals surface area (Å²) in [5, 5.41) is 14.1. The zero-order chi connectivity index (χ0) is 18.0. The number of rotatable bonds is 2. The predicted molar refractivity (Wildman–Crippen MR) is 97.5 cm³/mol. The van der Waals surface area contributed by atoms with Crippen molar-refractivity contribution in [2.45, 2.75) is 13.8 Å². The van der Waals surface area contributed by atoms with E-state index >= 15 is 0 Å². The molecule has 0 amide bonds. The summed E-state index contributed by atoms with van der Waals surface area (Å²) in [6.07, 6.45) is 0. The molecule has 0 aliphatic carbocycles. The molecule has 0 saturated heterocycles. The highest BCUT2D eigenvalue weighted by atomic mass is 16.4. The van der Waals surface area contributed by atoms with Crippen molar-refractivity contribution in [1.29, 1.82) is 0 Å². The Bertz CT molecular complexity index is 1010. The summed E-state index contributed by atoms with van der Waals surface area (Å²) in [6.45, 7) is 3.82. The number of aromatic carboxylic acids is 1. The Morgan fingerprint density at radius 2 is 1.72 bits per heavy atom. The molecule has 0 aliphatic rings. The molecule has 3 aromatic rings. The monoisotopic (exact) mass is 330 g/mol. The Labute approximate surface area is 146 Å². The zero-order valence-electron chi connectivity index (χ0n) is 14.4. The van der Waals surface area contributed by atoms with Crippen molar-refractivity contribution in [2.24, 2.45) is 7.05 Å². The van der Waals surface area contributed by atoms with Crippen LogP contribution in [-0.2, 0) is 7.05 Å². The van der Waals surface area contributed by atoms with Crippen molar-refractivity contribution in [3.05, 3.63) is 76.6 Å². The fourth-order valence-electron chi connectivity index (χ4n) is 2.90. The Kier molecular flexibility index (Phi) is 4.40. The van der Waals surface area contributed by atoms with Gasteiger partial charge in [0.05, 0.1) is 11.3 Å². The van der Waals surface area contributed by atoms with E-state index in [1.54, 1.807) is 16.8 Å². The second-order valence-electron chi connectivity index (χ2n) is 5.82. The summed E-state index contributed by atoms with van der Waals surface area (Å²) in [5.41, 5.74) is 4.96. The van der Waals surface area contributed by atoms with Crippen LogP contribution in [-0.4, -0.2) is 20.9 Å². The van der Waals surface area contributed by atoms with Gasteiger partial charge in [0, 0.05) is 35.0 Å². The van der Waals surface area contributed by atoms with E-state index in [4.69, 9.17) is 0 Å². The third kappa shape index (κ3) is 3.17. The first-order valence-electron chi connectivity index (χ1n) is 7.93. The van der Waals surface area contributed by atoms with Gasteiger partial charge in [0.25, 0.3) is 0 Å². The summed E-state index contributed by atoms with van der Waals surface area (Å²) in [5.74, 6) is 5.28. The normalized spacial score (nSPS) is 10.2. The van der Waals surface area contributed by atoms with Gasteiger partial charge in [-0.25, -0.2) is 4.79 Å². The lowest BCUT2D eigenvalue weighted by Gasteiger charge is -2.10. The highest BCUT2D eigenvalue weighted by molar-refractivity contribution is 5.98. The first-order valence-corrected chi connectivity index (χ1v) is 7.93. The Hall–Kier alpha value is -3.32. The first kappa shape index (κ1) is 16.5. The van der Waals surface area contributed by atoms with E-state index in [2.05, 4.69) is 16.9 Å². The number of hydrogen-bond donors (Lipinski definition) is 1. The van der Waals surface area contributed by atoms with Crippen molar-refractivity contribution in [3.63, 3.8) is 0 Å². The van der Waals surface area contributed by atoms with Gasteiger partial charge in [0.2, 0.25) is 0 Å². The van der Waals surface area contributed by atoms with Gasteiger partial charge < -0.3 is 5.11 Å². The SMILES string of the molecule is Cc1nn(C)c(C)c1-c1c(C#Cc2ccccc2)cccc1C(=O)O. The quantitative estimate of drug-likeness (QED) is 0.727. The summed E-state index contributed by atoms with van der Waals surface area (Å²) in [4.78, 5) is 11.8. The van der Waals surface area contributed by atoms with E-state index in [9.17, 15) is 9.90 Å². The number of hydrogen-bond acceptors (Lipinski definition) is 2. The van der Waals surface area contributed by atoms with E-state index in [1.165, 1.54) is 0 Å². The summed E-state index contributed by atoms with van der Waals surface area (Å²) in [6, 6.07) is 14.8. The van der Waals surface area contributed by atoms with Gasteiger partial charge >= 0.3 is 5.97 Å². The molecule has 124 valence electrons. The fraction of sp³-hybridized carbons (Fsp3) is 0.143. The summed E-state index contributed by atoms with van der Waals surface area (Å²) >= 11 is 0. The van der Waals surface area contributed by atoms with Crippen LogP contribution in [0.4, 0.5) is 0 Å². The molecular weight excluding hydrogens is 312 g/mol. The van der Waals surface area contributed by atoms with Crippen LogP contribution < -0.4 is 0 Å². The molecule has 0 fully saturated rings. The van der Waals surface area contributed by atoms with Gasteiger partial charge in [-0.3, -0.25) is 4.68 Å². The van der Waals surface area contributed by atoms with Crippen molar-refractivity contribution in [1.82, 2.24) is 9.78 Å². The van der Waals surface area contributed by atoms with Gasteiger partial charge in [0.15, 0.2) is 0 Å². The number of aryl methyl sites for hydroxylation is 2. The fourth-order valence-corrected chi connectivity index (χ4v) is 2.90. The predicted octanol–water partition coefficient (Wildman–Crippen LogP) is 3.80. The standard InChI is InChI=1S/C21H18N2O2/c1-14-19(15(2)23(3)22-14)20-17(10-7-11-18(20)21(24)25)13-12-16-8-5-4-6-9-16/h4-11H,1-3H3,(H,24,25). The maximum Gasteiger partial charge on any atom is 0.336 e. The van der Waals surface area contributed by atoms with Crippen LogP contribution in [0.5, 0.6) is 0 Å². The third-order valence-electron chi connectivity index (χ3n) is 4.17. The number of benzene rings is 2. The van der Waals surface area contributed by atoms with Crippen LogP contribution in [0.15, 0.2) is 48.5 Å². The third-order valence-corrected chi connectivity index (χ3v) is 4.17. The number of nitrogens with zero attached hydrogens (tertiary/aromatic N) is 2. The van der Waals surface area contributed by atoms with Crippen LogP contribution in [0.25, 0.3) is 11.1 Å². The molecular formula is C21H18N2O2. The minimum absolute atomic E-state index is 0.235. The van der Waals surface area contributed by atoms with Gasteiger partial charge in [-0.2, -0.15) is 5.10 Å². The zero-order valence-corrected chi connectivity index (χ0v) is 14.4. The van der Waals surface area contributed by atoms with Gasteiger partial charge in [-0.1, -0.05) is 36.1 Å². The van der Waals surface area contributed by atoms with Crippen molar-refractivity contribution < 1.29 is 9.90 Å². The minimum Gasteiger partial charge on any atom is -0.478 e. The molecule has 4 heteroatoms. The molecule has 0 unspecified atom stereocenters. The Morgan fingerprint density at radius 3 is 2.32 bits per heavy atom. The van der Waals surface area contributed by atoms with Crippen molar-refractivity contribution in [3.8, 4) is 23.0 Å². The number of carboxylic acids is 1. The minimum atomic E-state index is -0.971. The lowest BCUT2D eigenvalue weighted by Crippen LogP contribution is -2.03. The lowest BCUT2D eigenvalue weighted by molar-refractivity contribution is 0.0697. The molecule has 0 radical (unpaired) electrons. The van der Waals surface area contributed by atoms with Crippen LogP contribution >= 0.6 is 0 Å². The van der Waals surface area contributed by atoms with E-state index in [-0.39, 0.29) is 5.56 Å². The van der Waals surface area contributed by atoms with E-state index in [0.29, 0.717) is 11.1 Å². The summed E-state index contributed by atoms with van der Waals surface area (Å²) < 4.78 is 1.76. The maximum absolute atomic E-state index is 11.8. The Morgan fingerprint density at radius 1 is 1.00 bits per heavy atom. The second kappa shape index (κ2) is 6.66. The molecule has 3 rings (SSSR count).